The van der Waals surface area contributed by atoms with Crippen molar-refractivity contribution < 1.29 is 14.8 Å². The van der Waals surface area contributed by atoms with Crippen LogP contribution in [-0.2, 0) is 0 Å². The Labute approximate surface area is 99.9 Å². The van der Waals surface area contributed by atoms with Gasteiger partial charge in [-0.1, -0.05) is 0 Å². The van der Waals surface area contributed by atoms with Gasteiger partial charge in [-0.05, 0) is 5.41 Å². The molecule has 1 N–H and O–H groups in total. The van der Waals surface area contributed by atoms with E-state index in [1.807, 2.05) is 5.41 Å². The molecule has 2 heterocycles. The molecule has 1 aliphatic heterocycles. The third-order valence-corrected chi connectivity index (χ3v) is 2.88. The summed E-state index contributed by atoms with van der Waals surface area (Å²) in [7, 11) is 0. The van der Waals surface area contributed by atoms with Gasteiger partial charge in [-0.15, -0.1) is 11.8 Å². The lowest BCUT2D eigenvalue weighted by Gasteiger charge is -2.13. The molecular weight excluding hydrogens is 246 g/mol. The SMILES string of the molecule is O=C(O)c1cc(N2C=CSC2)ncc1[N+](=O)[O-]. The van der Waals surface area contributed by atoms with Gasteiger partial charge in [0.15, 0.2) is 0 Å². The van der Waals surface area contributed by atoms with E-state index < -0.39 is 16.6 Å². The Hall–Kier alpha value is -2.09. The zero-order valence-corrected chi connectivity index (χ0v) is 9.25. The van der Waals surface area contributed by atoms with Crippen molar-refractivity contribution in [3.8, 4) is 0 Å². The number of nitro groups is 1. The molecule has 0 amide bonds. The highest BCUT2D eigenvalue weighted by molar-refractivity contribution is 8.02. The normalized spacial score (nSPS) is 14.0. The van der Waals surface area contributed by atoms with E-state index in [0.717, 1.165) is 6.20 Å². The fraction of sp³-hybridized carbons (Fsp3) is 0.111. The van der Waals surface area contributed by atoms with Gasteiger partial charge >= 0.3 is 11.7 Å². The average molecular weight is 253 g/mol. The van der Waals surface area contributed by atoms with Crippen molar-refractivity contribution in [2.45, 2.75) is 0 Å². The van der Waals surface area contributed by atoms with E-state index >= 15 is 0 Å². The molecule has 0 atom stereocenters. The molecule has 1 aliphatic rings. The monoisotopic (exact) mass is 253 g/mol. The highest BCUT2D eigenvalue weighted by Crippen LogP contribution is 2.26. The summed E-state index contributed by atoms with van der Waals surface area (Å²) >= 11 is 1.53. The maximum atomic E-state index is 10.9. The molecule has 1 aromatic rings. The first-order valence-corrected chi connectivity index (χ1v) is 5.57. The zero-order valence-electron chi connectivity index (χ0n) is 8.44. The summed E-state index contributed by atoms with van der Waals surface area (Å²) in [5, 5.41) is 21.4. The number of carboxylic acids is 1. The van der Waals surface area contributed by atoms with Crippen LogP contribution in [0.4, 0.5) is 11.5 Å². The average Bonchev–Trinajstić information content (AvgIpc) is 2.81. The van der Waals surface area contributed by atoms with Gasteiger partial charge in [-0.2, -0.15) is 0 Å². The molecule has 0 unspecified atom stereocenters. The summed E-state index contributed by atoms with van der Waals surface area (Å²) < 4.78 is 0. The van der Waals surface area contributed by atoms with Crippen LogP contribution in [0, 0.1) is 10.1 Å². The van der Waals surface area contributed by atoms with Gasteiger partial charge in [0, 0.05) is 12.3 Å². The van der Waals surface area contributed by atoms with Gasteiger partial charge in [-0.25, -0.2) is 9.78 Å². The second kappa shape index (κ2) is 4.42. The predicted octanol–water partition coefficient (Wildman–Crippen LogP) is 1.67. The summed E-state index contributed by atoms with van der Waals surface area (Å²) in [4.78, 5) is 26.4. The molecule has 0 bridgehead atoms. The van der Waals surface area contributed by atoms with Crippen molar-refractivity contribution in [1.82, 2.24) is 4.98 Å². The first-order chi connectivity index (χ1) is 8.09. The summed E-state index contributed by atoms with van der Waals surface area (Å²) in [6.45, 7) is 0. The standard InChI is InChI=1S/C9H7N3O4S/c13-9(14)6-3-8(11-1-2-17-5-11)10-4-7(6)12(15)16/h1-4H,5H2,(H,13,14). The van der Waals surface area contributed by atoms with Gasteiger partial charge < -0.3 is 10.0 Å². The van der Waals surface area contributed by atoms with E-state index in [-0.39, 0.29) is 5.56 Å². The maximum Gasteiger partial charge on any atom is 0.342 e. The number of rotatable bonds is 3. The molecule has 17 heavy (non-hydrogen) atoms. The minimum atomic E-state index is -1.34. The fourth-order valence-corrected chi connectivity index (χ4v) is 2.03. The van der Waals surface area contributed by atoms with Crippen molar-refractivity contribution in [1.29, 1.82) is 0 Å². The summed E-state index contributed by atoms with van der Waals surface area (Å²) in [6.07, 6.45) is 2.71. The maximum absolute atomic E-state index is 10.9. The van der Waals surface area contributed by atoms with Gasteiger partial charge in [0.2, 0.25) is 0 Å². The van der Waals surface area contributed by atoms with Gasteiger partial charge in [0.1, 0.15) is 17.6 Å². The number of aromatic carboxylic acids is 1. The third-order valence-electron chi connectivity index (χ3n) is 2.14. The number of thioether (sulfide) groups is 1. The van der Waals surface area contributed by atoms with E-state index in [4.69, 9.17) is 5.11 Å². The Balaban J connectivity index is 2.45. The summed E-state index contributed by atoms with van der Waals surface area (Å²) in [5.41, 5.74) is -0.859. The van der Waals surface area contributed by atoms with Crippen molar-refractivity contribution >= 4 is 29.2 Å². The van der Waals surface area contributed by atoms with E-state index in [1.165, 1.54) is 17.8 Å². The lowest BCUT2D eigenvalue weighted by Crippen LogP contribution is -2.14. The second-order valence-electron chi connectivity index (χ2n) is 3.17. The van der Waals surface area contributed by atoms with Crippen LogP contribution in [0.15, 0.2) is 23.9 Å². The molecule has 0 aromatic carbocycles. The number of pyridine rings is 1. The number of aromatic nitrogens is 1. The highest BCUT2D eigenvalue weighted by Gasteiger charge is 2.22. The van der Waals surface area contributed by atoms with Crippen LogP contribution in [0.1, 0.15) is 10.4 Å². The van der Waals surface area contributed by atoms with E-state index in [2.05, 4.69) is 4.98 Å². The van der Waals surface area contributed by atoms with Crippen LogP contribution in [-0.4, -0.2) is 26.9 Å². The first kappa shape index (κ1) is 11.4. The predicted molar refractivity (Wildman–Crippen MR) is 61.9 cm³/mol. The van der Waals surface area contributed by atoms with Crippen molar-refractivity contribution in [2.75, 3.05) is 10.8 Å². The topological polar surface area (TPSA) is 96.6 Å². The lowest BCUT2D eigenvalue weighted by atomic mass is 10.2. The molecular formula is C9H7N3O4S. The zero-order chi connectivity index (χ0) is 12.4. The highest BCUT2D eigenvalue weighted by atomic mass is 32.2. The first-order valence-electron chi connectivity index (χ1n) is 4.52. The van der Waals surface area contributed by atoms with Crippen LogP contribution in [0.5, 0.6) is 0 Å². The van der Waals surface area contributed by atoms with Gasteiger partial charge in [0.25, 0.3) is 0 Å². The Morgan fingerprint density at radius 3 is 2.94 bits per heavy atom. The lowest BCUT2D eigenvalue weighted by molar-refractivity contribution is -0.385. The molecule has 0 spiro atoms. The number of hydrogen-bond acceptors (Lipinski definition) is 6. The molecule has 0 saturated heterocycles. The Morgan fingerprint density at radius 2 is 2.41 bits per heavy atom. The molecule has 2 rings (SSSR count). The number of hydrogen-bond donors (Lipinski definition) is 1. The molecule has 8 heteroatoms. The van der Waals surface area contributed by atoms with Crippen molar-refractivity contribution in [3.05, 3.63) is 39.5 Å². The minimum Gasteiger partial charge on any atom is -0.477 e. The Kier molecular flexibility index (Phi) is 2.96. The van der Waals surface area contributed by atoms with Crippen LogP contribution < -0.4 is 4.90 Å². The molecule has 1 aromatic heterocycles. The smallest absolute Gasteiger partial charge is 0.342 e. The van der Waals surface area contributed by atoms with Crippen LogP contribution in [0.2, 0.25) is 0 Å². The number of anilines is 1. The molecule has 0 aliphatic carbocycles. The van der Waals surface area contributed by atoms with Gasteiger partial charge in [-0.3, -0.25) is 10.1 Å². The quantitative estimate of drug-likeness (QED) is 0.646. The number of carbonyl (C=O) groups is 1. The number of nitrogens with zero attached hydrogens (tertiary/aromatic N) is 3. The second-order valence-corrected chi connectivity index (χ2v) is 4.04. The molecule has 0 fully saturated rings. The van der Waals surface area contributed by atoms with Crippen LogP contribution in [0.25, 0.3) is 0 Å². The Morgan fingerprint density at radius 1 is 1.65 bits per heavy atom. The molecule has 0 saturated carbocycles. The molecule has 88 valence electrons. The van der Waals surface area contributed by atoms with E-state index in [9.17, 15) is 14.9 Å². The fourth-order valence-electron chi connectivity index (χ4n) is 1.34. The van der Waals surface area contributed by atoms with E-state index in [0.29, 0.717) is 11.7 Å². The van der Waals surface area contributed by atoms with Gasteiger partial charge in [0.05, 0.1) is 10.8 Å². The van der Waals surface area contributed by atoms with Crippen molar-refractivity contribution in [3.63, 3.8) is 0 Å². The van der Waals surface area contributed by atoms with Crippen LogP contribution >= 0.6 is 11.8 Å². The Bertz CT molecular complexity index is 517. The summed E-state index contributed by atoms with van der Waals surface area (Å²) in [5.74, 6) is -0.338. The number of carboxylic acid groups (broad SMARTS) is 1. The molecule has 7 nitrogen and oxygen atoms in total. The van der Waals surface area contributed by atoms with Crippen LogP contribution in [0.3, 0.4) is 0 Å². The van der Waals surface area contributed by atoms with Crippen molar-refractivity contribution in [2.24, 2.45) is 0 Å². The van der Waals surface area contributed by atoms with E-state index in [1.54, 1.807) is 11.1 Å². The summed E-state index contributed by atoms with van der Waals surface area (Å²) in [6, 6.07) is 1.21. The third kappa shape index (κ3) is 2.21. The minimum absolute atomic E-state index is 0.356. The molecule has 0 radical (unpaired) electrons. The largest absolute Gasteiger partial charge is 0.477 e.